The number of methoxy groups -OCH3 is 1. The Balaban J connectivity index is 1.89. The summed E-state index contributed by atoms with van der Waals surface area (Å²) < 4.78 is 23.8. The van der Waals surface area contributed by atoms with Crippen molar-refractivity contribution in [3.05, 3.63) is 59.9 Å². The Morgan fingerprint density at radius 2 is 1.76 bits per heavy atom. The fourth-order valence-corrected chi connectivity index (χ4v) is 2.43. The van der Waals surface area contributed by atoms with Crippen molar-refractivity contribution in [3.8, 4) is 11.5 Å². The monoisotopic (exact) mass is 346 g/mol. The summed E-state index contributed by atoms with van der Waals surface area (Å²) in [5.74, 6) is 0.575. The van der Waals surface area contributed by atoms with Gasteiger partial charge in [0.1, 0.15) is 5.82 Å². The van der Waals surface area contributed by atoms with E-state index in [1.54, 1.807) is 31.4 Å². The van der Waals surface area contributed by atoms with E-state index < -0.39 is 0 Å². The van der Waals surface area contributed by atoms with Gasteiger partial charge in [0.2, 0.25) is 0 Å². The molecule has 0 aliphatic carbocycles. The number of nitrogens with one attached hydrogen (secondary N) is 1. The molecular weight excluding hydrogens is 323 g/mol. The first-order valence-corrected chi connectivity index (χ1v) is 7.95. The highest BCUT2D eigenvalue weighted by atomic mass is 19.1. The average Bonchev–Trinajstić information content (AvgIpc) is 2.61. The summed E-state index contributed by atoms with van der Waals surface area (Å²) in [6.45, 7) is 0.288. The summed E-state index contributed by atoms with van der Waals surface area (Å²) in [5, 5.41) is 2.84. The summed E-state index contributed by atoms with van der Waals surface area (Å²) in [4.78, 5) is 14.0. The number of hydrogen-bond acceptors (Lipinski definition) is 4. The molecule has 134 valence electrons. The van der Waals surface area contributed by atoms with Crippen molar-refractivity contribution in [2.75, 3.05) is 34.4 Å². The molecule has 1 atom stereocenters. The van der Waals surface area contributed by atoms with E-state index in [1.165, 1.54) is 12.1 Å². The lowest BCUT2D eigenvalue weighted by Gasteiger charge is -2.25. The normalized spacial score (nSPS) is 11.9. The van der Waals surface area contributed by atoms with Crippen LogP contribution in [0.25, 0.3) is 0 Å². The number of likely N-dealkylation sites (N-methyl/N-ethyl adjacent to an activating group) is 1. The van der Waals surface area contributed by atoms with Crippen LogP contribution in [0.15, 0.2) is 48.5 Å². The van der Waals surface area contributed by atoms with E-state index in [-0.39, 0.29) is 24.4 Å². The zero-order valence-electron chi connectivity index (χ0n) is 14.7. The highest BCUT2D eigenvalue weighted by molar-refractivity contribution is 5.77. The van der Waals surface area contributed by atoms with Crippen molar-refractivity contribution in [2.24, 2.45) is 0 Å². The minimum absolute atomic E-state index is 0.0594. The summed E-state index contributed by atoms with van der Waals surface area (Å²) in [6.07, 6.45) is 0. The second kappa shape index (κ2) is 9.03. The molecule has 0 saturated carbocycles. The van der Waals surface area contributed by atoms with Crippen LogP contribution in [0, 0.1) is 5.82 Å². The van der Waals surface area contributed by atoms with E-state index >= 15 is 0 Å². The van der Waals surface area contributed by atoms with Crippen LogP contribution < -0.4 is 14.8 Å². The highest BCUT2D eigenvalue weighted by Gasteiger charge is 2.16. The third-order valence-electron chi connectivity index (χ3n) is 3.80. The fraction of sp³-hybridized carbons (Fsp3) is 0.316. The number of amides is 1. The lowest BCUT2D eigenvalue weighted by atomic mass is 10.1. The van der Waals surface area contributed by atoms with Crippen molar-refractivity contribution in [2.45, 2.75) is 6.04 Å². The number of ether oxygens (including phenoxy) is 2. The number of benzene rings is 2. The molecule has 0 saturated heterocycles. The summed E-state index contributed by atoms with van der Waals surface area (Å²) in [7, 11) is 5.36. The molecule has 2 rings (SSSR count). The first kappa shape index (κ1) is 18.7. The Morgan fingerprint density at radius 1 is 1.12 bits per heavy atom. The SMILES string of the molecule is COc1ccccc1OCC(=O)NC[C@@H](c1ccc(F)cc1)N(C)C. The molecule has 25 heavy (non-hydrogen) atoms. The number of nitrogens with zero attached hydrogens (tertiary/aromatic N) is 1. The molecule has 0 spiro atoms. The molecule has 0 aliphatic rings. The molecule has 0 radical (unpaired) electrons. The largest absolute Gasteiger partial charge is 0.493 e. The molecular formula is C19H23FN2O3. The number of para-hydroxylation sites is 2. The molecule has 0 aromatic heterocycles. The van der Waals surface area contributed by atoms with Crippen molar-refractivity contribution in [3.63, 3.8) is 0 Å². The predicted molar refractivity (Wildman–Crippen MR) is 94.3 cm³/mol. The molecule has 1 amide bonds. The van der Waals surface area contributed by atoms with E-state index in [2.05, 4.69) is 5.32 Å². The van der Waals surface area contributed by atoms with E-state index in [0.29, 0.717) is 18.0 Å². The lowest BCUT2D eigenvalue weighted by Crippen LogP contribution is -2.36. The molecule has 0 bridgehead atoms. The Hall–Kier alpha value is -2.60. The molecule has 0 fully saturated rings. The topological polar surface area (TPSA) is 50.8 Å². The van der Waals surface area contributed by atoms with Gasteiger partial charge in [0.25, 0.3) is 5.91 Å². The molecule has 5 nitrogen and oxygen atoms in total. The number of halogens is 1. The molecule has 0 aliphatic heterocycles. The van der Waals surface area contributed by atoms with Gasteiger partial charge in [-0.3, -0.25) is 4.79 Å². The zero-order valence-corrected chi connectivity index (χ0v) is 14.7. The maximum Gasteiger partial charge on any atom is 0.258 e. The van der Waals surface area contributed by atoms with Crippen LogP contribution >= 0.6 is 0 Å². The molecule has 2 aromatic rings. The van der Waals surface area contributed by atoms with Crippen molar-refractivity contribution in [1.82, 2.24) is 10.2 Å². The van der Waals surface area contributed by atoms with Gasteiger partial charge < -0.3 is 19.7 Å². The third-order valence-corrected chi connectivity index (χ3v) is 3.80. The Kier molecular flexibility index (Phi) is 6.77. The Labute approximate surface area is 147 Å². The quantitative estimate of drug-likeness (QED) is 0.798. The summed E-state index contributed by atoms with van der Waals surface area (Å²) >= 11 is 0. The molecule has 2 aromatic carbocycles. The summed E-state index contributed by atoms with van der Waals surface area (Å²) in [6, 6.07) is 13.4. The maximum absolute atomic E-state index is 13.1. The van der Waals surface area contributed by atoms with E-state index in [9.17, 15) is 9.18 Å². The van der Waals surface area contributed by atoms with Crippen LogP contribution in [0.3, 0.4) is 0 Å². The van der Waals surface area contributed by atoms with Crippen molar-refractivity contribution < 1.29 is 18.7 Å². The van der Waals surface area contributed by atoms with E-state index in [1.807, 2.05) is 31.1 Å². The number of carbonyl (C=O) groups is 1. The van der Waals surface area contributed by atoms with E-state index in [0.717, 1.165) is 5.56 Å². The highest BCUT2D eigenvalue weighted by Crippen LogP contribution is 2.25. The predicted octanol–water partition coefficient (Wildman–Crippen LogP) is 2.63. The third kappa shape index (κ3) is 5.46. The van der Waals surface area contributed by atoms with Crippen LogP contribution in [0.2, 0.25) is 0 Å². The van der Waals surface area contributed by atoms with Gasteiger partial charge >= 0.3 is 0 Å². The van der Waals surface area contributed by atoms with Gasteiger partial charge in [-0.05, 0) is 43.9 Å². The van der Waals surface area contributed by atoms with Crippen LogP contribution in [0.4, 0.5) is 4.39 Å². The van der Waals surface area contributed by atoms with Gasteiger partial charge in [-0.2, -0.15) is 0 Å². The van der Waals surface area contributed by atoms with E-state index in [4.69, 9.17) is 9.47 Å². The second-order valence-corrected chi connectivity index (χ2v) is 5.77. The molecule has 0 unspecified atom stereocenters. The summed E-state index contributed by atoms with van der Waals surface area (Å²) in [5.41, 5.74) is 0.928. The van der Waals surface area contributed by atoms with Gasteiger partial charge in [0, 0.05) is 6.54 Å². The standard InChI is InChI=1S/C19H23FN2O3/c1-22(2)16(14-8-10-15(20)11-9-14)12-21-19(23)13-25-18-7-5-4-6-17(18)24-3/h4-11,16H,12-13H2,1-3H3,(H,21,23)/t16-/m0/s1. The Bertz CT molecular complexity index is 689. The lowest BCUT2D eigenvalue weighted by molar-refractivity contribution is -0.123. The van der Waals surface area contributed by atoms with Crippen LogP contribution in [-0.2, 0) is 4.79 Å². The van der Waals surface area contributed by atoms with Crippen molar-refractivity contribution >= 4 is 5.91 Å². The van der Waals surface area contributed by atoms with Crippen LogP contribution in [0.5, 0.6) is 11.5 Å². The van der Waals surface area contributed by atoms with Gasteiger partial charge in [0.05, 0.1) is 13.2 Å². The first-order chi connectivity index (χ1) is 12.0. The first-order valence-electron chi connectivity index (χ1n) is 7.95. The van der Waals surface area contributed by atoms with Gasteiger partial charge in [-0.15, -0.1) is 0 Å². The van der Waals surface area contributed by atoms with Gasteiger partial charge in [-0.25, -0.2) is 4.39 Å². The Morgan fingerprint density at radius 3 is 2.36 bits per heavy atom. The average molecular weight is 346 g/mol. The van der Waals surface area contributed by atoms with Gasteiger partial charge in [0.15, 0.2) is 18.1 Å². The number of rotatable bonds is 8. The smallest absolute Gasteiger partial charge is 0.258 e. The number of hydrogen-bond donors (Lipinski definition) is 1. The minimum atomic E-state index is -0.282. The zero-order chi connectivity index (χ0) is 18.2. The molecule has 6 heteroatoms. The van der Waals surface area contributed by atoms with Gasteiger partial charge in [-0.1, -0.05) is 24.3 Å². The molecule has 0 heterocycles. The second-order valence-electron chi connectivity index (χ2n) is 5.77. The van der Waals surface area contributed by atoms with Crippen molar-refractivity contribution in [1.29, 1.82) is 0 Å². The molecule has 1 N–H and O–H groups in total. The number of carbonyl (C=O) groups excluding carboxylic acids is 1. The maximum atomic E-state index is 13.1. The fourth-order valence-electron chi connectivity index (χ4n) is 2.43. The van der Waals surface area contributed by atoms with Crippen LogP contribution in [0.1, 0.15) is 11.6 Å². The minimum Gasteiger partial charge on any atom is -0.493 e. The van der Waals surface area contributed by atoms with Crippen LogP contribution in [-0.4, -0.2) is 45.2 Å².